The van der Waals surface area contributed by atoms with E-state index >= 15 is 0 Å². The molecule has 0 unspecified atom stereocenters. The number of esters is 1. The minimum Gasteiger partial charge on any atom is -0.507 e. The largest absolute Gasteiger partial charge is 0.507 e. The summed E-state index contributed by atoms with van der Waals surface area (Å²) in [5.74, 6) is -1.69. The monoisotopic (exact) mass is 223 g/mol. The van der Waals surface area contributed by atoms with Gasteiger partial charge in [0, 0.05) is 0 Å². The highest BCUT2D eigenvalue weighted by Crippen LogP contribution is 2.19. The lowest BCUT2D eigenvalue weighted by atomic mass is 10.1. The van der Waals surface area contributed by atoms with Gasteiger partial charge in [-0.15, -0.1) is 0 Å². The van der Waals surface area contributed by atoms with E-state index in [1.807, 2.05) is 0 Å². The van der Waals surface area contributed by atoms with E-state index in [0.717, 1.165) is 5.56 Å². The molecule has 86 valence electrons. The van der Waals surface area contributed by atoms with Crippen LogP contribution in [0.4, 0.5) is 0 Å². The molecule has 0 saturated heterocycles. The zero-order valence-electron chi connectivity index (χ0n) is 9.06. The van der Waals surface area contributed by atoms with Crippen LogP contribution in [0.15, 0.2) is 18.2 Å². The maximum Gasteiger partial charge on any atom is 0.342 e. The molecule has 0 aromatic heterocycles. The maximum absolute atomic E-state index is 11.5. The number of benzene rings is 1. The van der Waals surface area contributed by atoms with Crippen molar-refractivity contribution in [2.24, 2.45) is 5.73 Å². The zero-order valence-corrected chi connectivity index (χ0v) is 9.06. The second-order valence-corrected chi connectivity index (χ2v) is 3.47. The summed E-state index contributed by atoms with van der Waals surface area (Å²) >= 11 is 0. The van der Waals surface area contributed by atoms with E-state index in [4.69, 9.17) is 10.5 Å². The number of nitrogens with two attached hydrogens (primary N) is 1. The molecule has 0 bridgehead atoms. The Kier molecular flexibility index (Phi) is 3.50. The molecule has 1 atom stereocenters. The van der Waals surface area contributed by atoms with Crippen molar-refractivity contribution in [1.29, 1.82) is 0 Å². The second kappa shape index (κ2) is 4.65. The fourth-order valence-electron chi connectivity index (χ4n) is 1.10. The third-order valence-electron chi connectivity index (χ3n) is 2.06. The van der Waals surface area contributed by atoms with E-state index in [-0.39, 0.29) is 11.3 Å². The topological polar surface area (TPSA) is 89.6 Å². The van der Waals surface area contributed by atoms with Gasteiger partial charge in [-0.3, -0.25) is 4.79 Å². The van der Waals surface area contributed by atoms with Crippen molar-refractivity contribution in [2.45, 2.75) is 20.0 Å². The van der Waals surface area contributed by atoms with Crippen LogP contribution in [0.5, 0.6) is 5.75 Å². The predicted octanol–water partition coefficient (Wildman–Crippen LogP) is 0.731. The van der Waals surface area contributed by atoms with Crippen LogP contribution >= 0.6 is 0 Å². The van der Waals surface area contributed by atoms with Gasteiger partial charge in [-0.1, -0.05) is 6.07 Å². The Labute approximate surface area is 92.8 Å². The number of primary amides is 1. The van der Waals surface area contributed by atoms with Crippen LogP contribution in [-0.2, 0) is 9.53 Å². The van der Waals surface area contributed by atoms with Crippen LogP contribution in [0, 0.1) is 6.92 Å². The van der Waals surface area contributed by atoms with Crippen LogP contribution in [-0.4, -0.2) is 23.1 Å². The van der Waals surface area contributed by atoms with Gasteiger partial charge < -0.3 is 15.6 Å². The van der Waals surface area contributed by atoms with Crippen LogP contribution < -0.4 is 5.73 Å². The van der Waals surface area contributed by atoms with Crippen LogP contribution in [0.3, 0.4) is 0 Å². The Balaban J connectivity index is 2.85. The summed E-state index contributed by atoms with van der Waals surface area (Å²) in [5, 5.41) is 9.50. The fraction of sp³-hybridized carbons (Fsp3) is 0.273. The molecule has 0 spiro atoms. The molecule has 0 fully saturated rings. The molecule has 5 heteroatoms. The van der Waals surface area contributed by atoms with Gasteiger partial charge in [-0.05, 0) is 31.5 Å². The summed E-state index contributed by atoms with van der Waals surface area (Å²) < 4.78 is 4.75. The average Bonchev–Trinajstić information content (AvgIpc) is 2.16. The van der Waals surface area contributed by atoms with Gasteiger partial charge in [0.15, 0.2) is 6.10 Å². The molecule has 1 aromatic carbocycles. The zero-order chi connectivity index (χ0) is 12.3. The minimum atomic E-state index is -1.02. The van der Waals surface area contributed by atoms with Gasteiger partial charge in [-0.2, -0.15) is 0 Å². The summed E-state index contributed by atoms with van der Waals surface area (Å²) in [5.41, 5.74) is 5.78. The molecule has 0 aliphatic carbocycles. The summed E-state index contributed by atoms with van der Waals surface area (Å²) in [6, 6.07) is 4.53. The number of carbonyl (C=O) groups is 2. The molecule has 3 N–H and O–H groups in total. The Hall–Kier alpha value is -2.04. The van der Waals surface area contributed by atoms with Crippen LogP contribution in [0.25, 0.3) is 0 Å². The molecule has 1 rings (SSSR count). The average molecular weight is 223 g/mol. The number of phenolic OH excluding ortho intramolecular Hbond substituents is 1. The first-order valence-electron chi connectivity index (χ1n) is 4.71. The van der Waals surface area contributed by atoms with Gasteiger partial charge in [-0.25, -0.2) is 4.79 Å². The Morgan fingerprint density at radius 1 is 1.44 bits per heavy atom. The molecule has 1 amide bonds. The van der Waals surface area contributed by atoms with Crippen molar-refractivity contribution in [3.05, 3.63) is 29.3 Å². The van der Waals surface area contributed by atoms with E-state index in [0.29, 0.717) is 0 Å². The SMILES string of the molecule is Cc1ccc(C(=O)O[C@@H](C)C(N)=O)c(O)c1. The van der Waals surface area contributed by atoms with Gasteiger partial charge in [0.1, 0.15) is 11.3 Å². The van der Waals surface area contributed by atoms with Gasteiger partial charge in [0.05, 0.1) is 0 Å². The lowest BCUT2D eigenvalue weighted by Gasteiger charge is -2.10. The third kappa shape index (κ3) is 2.73. The lowest BCUT2D eigenvalue weighted by molar-refractivity contribution is -0.125. The molecule has 0 radical (unpaired) electrons. The number of amides is 1. The number of rotatable bonds is 3. The normalized spacial score (nSPS) is 11.9. The number of aromatic hydroxyl groups is 1. The van der Waals surface area contributed by atoms with E-state index in [9.17, 15) is 14.7 Å². The smallest absolute Gasteiger partial charge is 0.342 e. The van der Waals surface area contributed by atoms with Crippen molar-refractivity contribution in [3.63, 3.8) is 0 Å². The first-order chi connectivity index (χ1) is 7.41. The quantitative estimate of drug-likeness (QED) is 0.739. The van der Waals surface area contributed by atoms with Gasteiger partial charge in [0.2, 0.25) is 0 Å². The summed E-state index contributed by atoms with van der Waals surface area (Å²) in [4.78, 5) is 22.2. The first kappa shape index (κ1) is 12.0. The minimum absolute atomic E-state index is 0.0127. The number of ether oxygens (including phenoxy) is 1. The van der Waals surface area contributed by atoms with E-state index in [1.165, 1.54) is 19.1 Å². The number of carbonyl (C=O) groups excluding carboxylic acids is 2. The van der Waals surface area contributed by atoms with Crippen molar-refractivity contribution >= 4 is 11.9 Å². The maximum atomic E-state index is 11.5. The molecule has 5 nitrogen and oxygen atoms in total. The molecule has 0 saturated carbocycles. The Morgan fingerprint density at radius 3 is 2.56 bits per heavy atom. The van der Waals surface area contributed by atoms with Crippen LogP contribution in [0.1, 0.15) is 22.8 Å². The van der Waals surface area contributed by atoms with Crippen molar-refractivity contribution < 1.29 is 19.4 Å². The highest BCUT2D eigenvalue weighted by Gasteiger charge is 2.18. The van der Waals surface area contributed by atoms with Gasteiger partial charge >= 0.3 is 5.97 Å². The van der Waals surface area contributed by atoms with Crippen molar-refractivity contribution in [3.8, 4) is 5.75 Å². The number of aryl methyl sites for hydroxylation is 1. The molecule has 16 heavy (non-hydrogen) atoms. The number of phenols is 1. The number of hydrogen-bond acceptors (Lipinski definition) is 4. The first-order valence-corrected chi connectivity index (χ1v) is 4.71. The summed E-state index contributed by atoms with van der Waals surface area (Å²) in [6.07, 6.45) is -1.02. The van der Waals surface area contributed by atoms with E-state index in [2.05, 4.69) is 0 Å². The third-order valence-corrected chi connectivity index (χ3v) is 2.06. The Morgan fingerprint density at radius 2 is 2.06 bits per heavy atom. The molecule has 1 aromatic rings. The van der Waals surface area contributed by atoms with Crippen molar-refractivity contribution in [1.82, 2.24) is 0 Å². The molecular weight excluding hydrogens is 210 g/mol. The number of hydrogen-bond donors (Lipinski definition) is 2. The molecule has 0 aliphatic heterocycles. The molecule has 0 aliphatic rings. The fourth-order valence-corrected chi connectivity index (χ4v) is 1.10. The van der Waals surface area contributed by atoms with E-state index in [1.54, 1.807) is 13.0 Å². The van der Waals surface area contributed by atoms with Crippen LogP contribution in [0.2, 0.25) is 0 Å². The molecular formula is C11H13NO4. The highest BCUT2D eigenvalue weighted by atomic mass is 16.5. The second-order valence-electron chi connectivity index (χ2n) is 3.47. The van der Waals surface area contributed by atoms with E-state index < -0.39 is 18.0 Å². The Bertz CT molecular complexity index is 428. The summed E-state index contributed by atoms with van der Waals surface area (Å²) in [7, 11) is 0. The highest BCUT2D eigenvalue weighted by molar-refractivity contribution is 5.94. The molecule has 0 heterocycles. The lowest BCUT2D eigenvalue weighted by Crippen LogP contribution is -2.30. The summed E-state index contributed by atoms with van der Waals surface area (Å²) in [6.45, 7) is 3.15. The van der Waals surface area contributed by atoms with Crippen molar-refractivity contribution in [2.75, 3.05) is 0 Å². The standard InChI is InChI=1S/C11H13NO4/c1-6-3-4-8(9(13)5-6)11(15)16-7(2)10(12)14/h3-5,7,13H,1-2H3,(H2,12,14)/t7-/m0/s1. The van der Waals surface area contributed by atoms with Gasteiger partial charge in [0.25, 0.3) is 5.91 Å². The predicted molar refractivity (Wildman–Crippen MR) is 56.9 cm³/mol.